The summed E-state index contributed by atoms with van der Waals surface area (Å²) < 4.78 is 134. The SMILES string of the molecule is Fc1ccccc1-c1c(Br)ccc(Br)c1C(F)(C(F)(F)F)C(F)(F)C(F)(F)F. The van der Waals surface area contributed by atoms with Crippen LogP contribution in [0.15, 0.2) is 45.3 Å². The van der Waals surface area contributed by atoms with E-state index in [0.29, 0.717) is 6.07 Å². The minimum Gasteiger partial charge on any atom is -0.221 e. The Kier molecular flexibility index (Phi) is 5.90. The van der Waals surface area contributed by atoms with Gasteiger partial charge in [-0.3, -0.25) is 0 Å². The van der Waals surface area contributed by atoms with Crippen molar-refractivity contribution in [2.45, 2.75) is 23.9 Å². The molecule has 0 saturated carbocycles. The van der Waals surface area contributed by atoms with Crippen LogP contribution in [0.5, 0.6) is 0 Å². The molecule has 12 heteroatoms. The van der Waals surface area contributed by atoms with E-state index in [0.717, 1.165) is 30.3 Å². The Morgan fingerprint density at radius 3 is 1.61 bits per heavy atom. The zero-order valence-corrected chi connectivity index (χ0v) is 16.2. The molecule has 0 bridgehead atoms. The summed E-state index contributed by atoms with van der Waals surface area (Å²) in [4.78, 5) is 0. The first-order chi connectivity index (χ1) is 12.6. The zero-order chi connectivity index (χ0) is 21.7. The Bertz CT molecular complexity index is 888. The van der Waals surface area contributed by atoms with Crippen LogP contribution in [0, 0.1) is 5.82 Å². The first-order valence-electron chi connectivity index (χ1n) is 7.01. The van der Waals surface area contributed by atoms with E-state index in [9.17, 15) is 39.5 Å². The number of hydrogen-bond donors (Lipinski definition) is 0. The molecule has 0 radical (unpaired) electrons. The molecule has 2 rings (SSSR count). The maximum absolute atomic E-state index is 15.1. The summed E-state index contributed by atoms with van der Waals surface area (Å²) in [7, 11) is 0. The van der Waals surface area contributed by atoms with Crippen LogP contribution in [0.4, 0.5) is 43.9 Å². The van der Waals surface area contributed by atoms with Crippen LogP contribution in [0.2, 0.25) is 0 Å². The van der Waals surface area contributed by atoms with Gasteiger partial charge in [0.2, 0.25) is 0 Å². The van der Waals surface area contributed by atoms with Crippen LogP contribution in [0.1, 0.15) is 5.56 Å². The fraction of sp³-hybridized carbons (Fsp3) is 0.250. The van der Waals surface area contributed by atoms with Crippen LogP contribution in [-0.2, 0) is 5.67 Å². The molecule has 2 aromatic rings. The highest BCUT2D eigenvalue weighted by atomic mass is 79.9. The van der Waals surface area contributed by atoms with E-state index in [1.165, 1.54) is 0 Å². The van der Waals surface area contributed by atoms with E-state index in [1.807, 2.05) is 0 Å². The van der Waals surface area contributed by atoms with Crippen LogP contribution in [0.3, 0.4) is 0 Å². The third-order valence-corrected chi connectivity index (χ3v) is 5.09. The predicted molar refractivity (Wildman–Crippen MR) is 87.1 cm³/mol. The van der Waals surface area contributed by atoms with Gasteiger partial charge in [0.05, 0.1) is 0 Å². The summed E-state index contributed by atoms with van der Waals surface area (Å²) in [5, 5.41) is 0. The van der Waals surface area contributed by atoms with Gasteiger partial charge < -0.3 is 0 Å². The van der Waals surface area contributed by atoms with E-state index in [1.54, 1.807) is 0 Å². The second-order valence-electron chi connectivity index (χ2n) is 5.49. The van der Waals surface area contributed by atoms with Gasteiger partial charge in [0.1, 0.15) is 5.82 Å². The van der Waals surface area contributed by atoms with Gasteiger partial charge in [-0.25, -0.2) is 8.78 Å². The topological polar surface area (TPSA) is 0 Å². The lowest BCUT2D eigenvalue weighted by Gasteiger charge is -2.38. The molecular weight excluding hydrogens is 542 g/mol. The summed E-state index contributed by atoms with van der Waals surface area (Å²) in [6.45, 7) is 0. The lowest BCUT2D eigenvalue weighted by molar-refractivity contribution is -0.389. The average molecular weight is 548 g/mol. The molecule has 0 saturated heterocycles. The van der Waals surface area contributed by atoms with Gasteiger partial charge in [0.25, 0.3) is 0 Å². The van der Waals surface area contributed by atoms with Gasteiger partial charge in [-0.15, -0.1) is 0 Å². The number of hydrogen-bond acceptors (Lipinski definition) is 0. The van der Waals surface area contributed by atoms with Crippen molar-refractivity contribution < 1.29 is 43.9 Å². The third-order valence-electron chi connectivity index (χ3n) is 3.77. The molecule has 28 heavy (non-hydrogen) atoms. The monoisotopic (exact) mass is 546 g/mol. The Morgan fingerprint density at radius 2 is 1.14 bits per heavy atom. The zero-order valence-electron chi connectivity index (χ0n) is 13.0. The molecule has 1 atom stereocenters. The smallest absolute Gasteiger partial charge is 0.221 e. The van der Waals surface area contributed by atoms with Gasteiger partial charge in [0, 0.05) is 25.6 Å². The highest BCUT2D eigenvalue weighted by Crippen LogP contribution is 2.61. The Hall–Kier alpha value is -1.30. The second-order valence-corrected chi connectivity index (χ2v) is 7.20. The molecule has 0 N–H and O–H groups in total. The van der Waals surface area contributed by atoms with E-state index in [-0.39, 0.29) is 0 Å². The van der Waals surface area contributed by atoms with Gasteiger partial charge in [-0.05, 0) is 18.2 Å². The molecule has 0 amide bonds. The third kappa shape index (κ3) is 3.42. The van der Waals surface area contributed by atoms with Crippen molar-refractivity contribution in [3.05, 3.63) is 56.7 Å². The van der Waals surface area contributed by atoms with E-state index >= 15 is 4.39 Å². The van der Waals surface area contributed by atoms with Crippen LogP contribution in [0.25, 0.3) is 11.1 Å². The maximum atomic E-state index is 15.1. The number of rotatable bonds is 3. The Labute approximate surface area is 167 Å². The summed E-state index contributed by atoms with van der Waals surface area (Å²) in [6.07, 6.45) is -13.6. The summed E-state index contributed by atoms with van der Waals surface area (Å²) in [5.74, 6) is -8.15. The highest BCUT2D eigenvalue weighted by molar-refractivity contribution is 9.11. The van der Waals surface area contributed by atoms with Gasteiger partial charge >= 0.3 is 23.9 Å². The molecule has 0 heterocycles. The largest absolute Gasteiger partial charge is 0.457 e. The summed E-state index contributed by atoms with van der Waals surface area (Å²) >= 11 is 5.09. The molecule has 0 aliphatic rings. The minimum atomic E-state index is -6.90. The molecule has 0 fully saturated rings. The fourth-order valence-electron chi connectivity index (χ4n) is 2.49. The fourth-order valence-corrected chi connectivity index (χ4v) is 3.64. The first kappa shape index (κ1) is 23.0. The van der Waals surface area contributed by atoms with Crippen LogP contribution < -0.4 is 0 Å². The van der Waals surface area contributed by atoms with Gasteiger partial charge in [0.15, 0.2) is 0 Å². The molecule has 0 aromatic heterocycles. The predicted octanol–water partition coefficient (Wildman–Crippen LogP) is 7.94. The molecule has 0 aliphatic heterocycles. The molecular formula is C16H6Br2F10. The van der Waals surface area contributed by atoms with Crippen molar-refractivity contribution in [3.8, 4) is 11.1 Å². The summed E-state index contributed by atoms with van der Waals surface area (Å²) in [6, 6.07) is 5.30. The van der Waals surface area contributed by atoms with E-state index in [2.05, 4.69) is 31.9 Å². The van der Waals surface area contributed by atoms with E-state index in [4.69, 9.17) is 0 Å². The maximum Gasteiger partial charge on any atom is 0.457 e. The van der Waals surface area contributed by atoms with Crippen molar-refractivity contribution in [1.82, 2.24) is 0 Å². The standard InChI is InChI=1S/C16H6Br2F10/c17-8-5-6-9(18)12(11(8)7-3-1-2-4-10(7)19)13(20,15(23,24)25)14(21,22)16(26,27)28/h1-6H. The number of benzene rings is 2. The van der Waals surface area contributed by atoms with E-state index < -0.39 is 55.4 Å². The normalized spacial score (nSPS) is 15.4. The van der Waals surface area contributed by atoms with Gasteiger partial charge in [-0.2, -0.15) is 35.1 Å². The molecule has 0 nitrogen and oxygen atoms in total. The van der Waals surface area contributed by atoms with Crippen molar-refractivity contribution >= 4 is 31.9 Å². The Morgan fingerprint density at radius 1 is 0.643 bits per heavy atom. The van der Waals surface area contributed by atoms with Crippen molar-refractivity contribution in [1.29, 1.82) is 0 Å². The van der Waals surface area contributed by atoms with Crippen LogP contribution >= 0.6 is 31.9 Å². The summed E-state index contributed by atoms with van der Waals surface area (Å²) in [5.41, 5.74) is -10.3. The molecule has 0 spiro atoms. The molecule has 2 aromatic carbocycles. The molecule has 1 unspecified atom stereocenters. The number of alkyl halides is 9. The second kappa shape index (κ2) is 7.19. The van der Waals surface area contributed by atoms with Gasteiger partial charge in [-0.1, -0.05) is 50.1 Å². The van der Waals surface area contributed by atoms with Crippen molar-refractivity contribution in [2.24, 2.45) is 0 Å². The minimum absolute atomic E-state index is 0.528. The van der Waals surface area contributed by atoms with Crippen molar-refractivity contribution in [3.63, 3.8) is 0 Å². The molecule has 0 aliphatic carbocycles. The first-order valence-corrected chi connectivity index (χ1v) is 8.59. The average Bonchev–Trinajstić information content (AvgIpc) is 2.54. The Balaban J connectivity index is 3.07. The van der Waals surface area contributed by atoms with Crippen molar-refractivity contribution in [2.75, 3.05) is 0 Å². The lowest BCUT2D eigenvalue weighted by Crippen LogP contribution is -2.60. The quantitative estimate of drug-likeness (QED) is 0.342. The number of halogens is 12. The molecule has 154 valence electrons. The van der Waals surface area contributed by atoms with Crippen LogP contribution in [-0.4, -0.2) is 18.3 Å². The highest BCUT2D eigenvalue weighted by Gasteiger charge is 2.82. The lowest BCUT2D eigenvalue weighted by atomic mass is 9.82.